The van der Waals surface area contributed by atoms with Gasteiger partial charge in [0.05, 0.1) is 0 Å². The van der Waals surface area contributed by atoms with E-state index in [-0.39, 0.29) is 0 Å². The lowest BCUT2D eigenvalue weighted by Crippen LogP contribution is -1.63. The molecule has 0 radical (unpaired) electrons. The number of allylic oxidation sites excluding steroid dienone is 7. The molecule has 0 aromatic carbocycles. The van der Waals surface area contributed by atoms with Crippen molar-refractivity contribution in [3.05, 3.63) is 61.8 Å². The van der Waals surface area contributed by atoms with Gasteiger partial charge in [-0.05, 0) is 5.57 Å². The summed E-state index contributed by atoms with van der Waals surface area (Å²) in [7, 11) is 0. The molecule has 0 bridgehead atoms. The second-order valence-corrected chi connectivity index (χ2v) is 1.76. The van der Waals surface area contributed by atoms with E-state index in [0.29, 0.717) is 0 Å². The van der Waals surface area contributed by atoms with Crippen molar-refractivity contribution >= 4 is 0 Å². The molecule has 0 aliphatic heterocycles. The first-order chi connectivity index (χ1) is 4.81. The summed E-state index contributed by atoms with van der Waals surface area (Å²) in [5, 5.41) is 0. The molecule has 0 amide bonds. The SMILES string of the molecule is C=C/C=C/C(=C)/C=C/C=C. The van der Waals surface area contributed by atoms with E-state index < -0.39 is 0 Å². The van der Waals surface area contributed by atoms with Gasteiger partial charge in [-0.1, -0.05) is 56.2 Å². The predicted molar refractivity (Wildman–Crippen MR) is 47.8 cm³/mol. The molecule has 0 unspecified atom stereocenters. The van der Waals surface area contributed by atoms with Crippen LogP contribution in [0, 0.1) is 0 Å². The van der Waals surface area contributed by atoms with Crippen molar-refractivity contribution in [2.45, 2.75) is 0 Å². The van der Waals surface area contributed by atoms with Crippen LogP contribution in [0.15, 0.2) is 61.8 Å². The van der Waals surface area contributed by atoms with E-state index in [1.54, 1.807) is 12.2 Å². The van der Waals surface area contributed by atoms with Crippen molar-refractivity contribution in [2.75, 3.05) is 0 Å². The zero-order valence-corrected chi connectivity index (χ0v) is 6.09. The van der Waals surface area contributed by atoms with Gasteiger partial charge in [0, 0.05) is 0 Å². The second kappa shape index (κ2) is 5.83. The highest BCUT2D eigenvalue weighted by Crippen LogP contribution is 1.94. The molecular weight excluding hydrogens is 120 g/mol. The largest absolute Gasteiger partial charge is 0.0991 e. The Morgan fingerprint density at radius 3 is 1.60 bits per heavy atom. The molecule has 0 aliphatic carbocycles. The summed E-state index contributed by atoms with van der Waals surface area (Å²) in [6.45, 7) is 10.8. The van der Waals surface area contributed by atoms with Crippen LogP contribution in [-0.2, 0) is 0 Å². The molecule has 0 heterocycles. The number of hydrogen-bond acceptors (Lipinski definition) is 0. The van der Waals surface area contributed by atoms with E-state index in [9.17, 15) is 0 Å². The smallest absolute Gasteiger partial charge is 0.0329 e. The Morgan fingerprint density at radius 2 is 1.30 bits per heavy atom. The summed E-state index contributed by atoms with van der Waals surface area (Å²) < 4.78 is 0. The van der Waals surface area contributed by atoms with Gasteiger partial charge in [-0.2, -0.15) is 0 Å². The molecular formula is C10H12. The van der Waals surface area contributed by atoms with Crippen LogP contribution < -0.4 is 0 Å². The molecule has 0 saturated carbocycles. The molecule has 0 rings (SSSR count). The Morgan fingerprint density at radius 1 is 0.900 bits per heavy atom. The third-order valence-corrected chi connectivity index (χ3v) is 0.893. The quantitative estimate of drug-likeness (QED) is 0.516. The van der Waals surface area contributed by atoms with E-state index in [1.165, 1.54) is 0 Å². The van der Waals surface area contributed by atoms with Gasteiger partial charge in [-0.25, -0.2) is 0 Å². The monoisotopic (exact) mass is 132 g/mol. The summed E-state index contributed by atoms with van der Waals surface area (Å²) >= 11 is 0. The molecule has 0 atom stereocenters. The standard InChI is InChI=1S/C10H12/c1-4-6-8-10(3)9-7-5-2/h4-9H,1-3H2/b8-6+,9-7+. The maximum Gasteiger partial charge on any atom is -0.0329 e. The van der Waals surface area contributed by atoms with Crippen LogP contribution >= 0.6 is 0 Å². The zero-order valence-electron chi connectivity index (χ0n) is 6.09. The lowest BCUT2D eigenvalue weighted by Gasteiger charge is -1.83. The van der Waals surface area contributed by atoms with Gasteiger partial charge in [0.1, 0.15) is 0 Å². The van der Waals surface area contributed by atoms with Gasteiger partial charge >= 0.3 is 0 Å². The fourth-order valence-corrected chi connectivity index (χ4v) is 0.439. The van der Waals surface area contributed by atoms with E-state index in [0.717, 1.165) is 5.57 Å². The average Bonchev–Trinajstić information content (AvgIpc) is 1.97. The molecule has 0 saturated heterocycles. The molecule has 0 spiro atoms. The Bertz CT molecular complexity index is 160. The van der Waals surface area contributed by atoms with E-state index in [1.807, 2.05) is 24.3 Å². The maximum atomic E-state index is 3.76. The maximum absolute atomic E-state index is 3.76. The van der Waals surface area contributed by atoms with Crippen LogP contribution in [0.25, 0.3) is 0 Å². The summed E-state index contributed by atoms with van der Waals surface area (Å²) in [6, 6.07) is 0. The lowest BCUT2D eigenvalue weighted by molar-refractivity contribution is 1.73. The molecule has 0 aromatic rings. The van der Waals surface area contributed by atoms with Gasteiger partial charge in [0.25, 0.3) is 0 Å². The first-order valence-electron chi connectivity index (χ1n) is 3.08. The first kappa shape index (κ1) is 8.70. The highest BCUT2D eigenvalue weighted by molar-refractivity contribution is 5.30. The third kappa shape index (κ3) is 4.85. The van der Waals surface area contributed by atoms with Gasteiger partial charge in [-0.15, -0.1) is 0 Å². The molecule has 10 heavy (non-hydrogen) atoms. The number of hydrogen-bond donors (Lipinski definition) is 0. The van der Waals surface area contributed by atoms with Crippen LogP contribution in [-0.4, -0.2) is 0 Å². The summed E-state index contributed by atoms with van der Waals surface area (Å²) in [5.74, 6) is 0. The van der Waals surface area contributed by atoms with Crippen LogP contribution in [0.5, 0.6) is 0 Å². The molecule has 0 heteroatoms. The third-order valence-electron chi connectivity index (χ3n) is 0.893. The molecule has 0 fully saturated rings. The minimum Gasteiger partial charge on any atom is -0.0991 e. The normalized spacial score (nSPS) is 10.4. The fourth-order valence-electron chi connectivity index (χ4n) is 0.439. The fraction of sp³-hybridized carbons (Fsp3) is 0. The molecule has 0 aromatic heterocycles. The Balaban J connectivity index is 3.85. The highest BCUT2D eigenvalue weighted by Gasteiger charge is 1.73. The first-order valence-corrected chi connectivity index (χ1v) is 3.08. The summed E-state index contributed by atoms with van der Waals surface area (Å²) in [4.78, 5) is 0. The predicted octanol–water partition coefficient (Wildman–Crippen LogP) is 3.03. The topological polar surface area (TPSA) is 0 Å². The van der Waals surface area contributed by atoms with Crippen molar-refractivity contribution in [3.8, 4) is 0 Å². The van der Waals surface area contributed by atoms with Crippen molar-refractivity contribution in [1.82, 2.24) is 0 Å². The lowest BCUT2D eigenvalue weighted by atomic mass is 10.2. The minimum atomic E-state index is 0.944. The van der Waals surface area contributed by atoms with Crippen LogP contribution in [0.3, 0.4) is 0 Å². The van der Waals surface area contributed by atoms with E-state index >= 15 is 0 Å². The zero-order chi connectivity index (χ0) is 7.82. The van der Waals surface area contributed by atoms with Gasteiger partial charge in [-0.3, -0.25) is 0 Å². The van der Waals surface area contributed by atoms with Gasteiger partial charge in [0.2, 0.25) is 0 Å². The summed E-state index contributed by atoms with van der Waals surface area (Å²) in [6.07, 6.45) is 10.9. The van der Waals surface area contributed by atoms with E-state index in [4.69, 9.17) is 0 Å². The second-order valence-electron chi connectivity index (χ2n) is 1.76. The Labute approximate surface area is 62.6 Å². The van der Waals surface area contributed by atoms with Crippen LogP contribution in [0.1, 0.15) is 0 Å². The van der Waals surface area contributed by atoms with Crippen LogP contribution in [0.4, 0.5) is 0 Å². The molecule has 0 nitrogen and oxygen atoms in total. The Kier molecular flexibility index (Phi) is 5.07. The Hall–Kier alpha value is -1.30. The minimum absolute atomic E-state index is 0.944. The van der Waals surface area contributed by atoms with Gasteiger partial charge in [0.15, 0.2) is 0 Å². The van der Waals surface area contributed by atoms with Crippen molar-refractivity contribution in [2.24, 2.45) is 0 Å². The molecule has 0 N–H and O–H groups in total. The van der Waals surface area contributed by atoms with Gasteiger partial charge < -0.3 is 0 Å². The van der Waals surface area contributed by atoms with Crippen molar-refractivity contribution < 1.29 is 0 Å². The van der Waals surface area contributed by atoms with Crippen LogP contribution in [0.2, 0.25) is 0 Å². The molecule has 52 valence electrons. The molecule has 0 aliphatic rings. The summed E-state index contributed by atoms with van der Waals surface area (Å²) in [5.41, 5.74) is 0.944. The average molecular weight is 132 g/mol. The van der Waals surface area contributed by atoms with Crippen molar-refractivity contribution in [3.63, 3.8) is 0 Å². The van der Waals surface area contributed by atoms with E-state index in [2.05, 4.69) is 19.7 Å². The number of rotatable bonds is 4. The van der Waals surface area contributed by atoms with Crippen molar-refractivity contribution in [1.29, 1.82) is 0 Å². The highest BCUT2D eigenvalue weighted by atomic mass is 13.8.